The van der Waals surface area contributed by atoms with Crippen molar-refractivity contribution in [3.63, 3.8) is 0 Å². The summed E-state index contributed by atoms with van der Waals surface area (Å²) in [6.45, 7) is 0. The summed E-state index contributed by atoms with van der Waals surface area (Å²) in [7, 11) is 0. The third-order valence-electron chi connectivity index (χ3n) is 2.66. The summed E-state index contributed by atoms with van der Waals surface area (Å²) in [6, 6.07) is 14.0. The molecule has 0 aliphatic rings. The van der Waals surface area contributed by atoms with Crippen LogP contribution in [0.5, 0.6) is 5.75 Å². The molecule has 0 aromatic heterocycles. The fraction of sp³-hybridized carbons (Fsp3) is 0.143. The normalized spacial score (nSPS) is 12.3. The molecular formula is C14H15NO2. The average Bonchev–Trinajstić information content (AvgIpc) is 2.29. The number of aliphatic hydroxyl groups excluding tert-OH is 1. The summed E-state index contributed by atoms with van der Waals surface area (Å²) in [4.78, 5) is 0. The van der Waals surface area contributed by atoms with Crippen LogP contribution in [0.3, 0.4) is 0 Å². The number of hydrogen-bond donors (Lipinski definition) is 3. The number of nitrogen functional groups attached to an aromatic ring is 1. The molecule has 88 valence electrons. The Hall–Kier alpha value is -2.00. The number of anilines is 1. The molecule has 0 amide bonds. The molecule has 1 atom stereocenters. The minimum Gasteiger partial charge on any atom is -0.508 e. The van der Waals surface area contributed by atoms with Crippen LogP contribution in [0, 0.1) is 0 Å². The fourth-order valence-corrected chi connectivity index (χ4v) is 1.74. The Morgan fingerprint density at radius 1 is 1.06 bits per heavy atom. The molecule has 4 N–H and O–H groups in total. The Bertz CT molecular complexity index is 494. The van der Waals surface area contributed by atoms with Gasteiger partial charge in [0.15, 0.2) is 0 Å². The van der Waals surface area contributed by atoms with Crippen LogP contribution in [0.4, 0.5) is 5.69 Å². The van der Waals surface area contributed by atoms with E-state index < -0.39 is 6.10 Å². The van der Waals surface area contributed by atoms with Gasteiger partial charge in [0.1, 0.15) is 5.75 Å². The minimum absolute atomic E-state index is 0.215. The highest BCUT2D eigenvalue weighted by Gasteiger charge is 2.08. The molecule has 0 heterocycles. The Morgan fingerprint density at radius 2 is 1.76 bits per heavy atom. The monoisotopic (exact) mass is 229 g/mol. The van der Waals surface area contributed by atoms with E-state index in [2.05, 4.69) is 0 Å². The van der Waals surface area contributed by atoms with Gasteiger partial charge in [-0.05, 0) is 35.4 Å². The number of hydrogen-bond acceptors (Lipinski definition) is 3. The van der Waals surface area contributed by atoms with Gasteiger partial charge in [-0.3, -0.25) is 0 Å². The highest BCUT2D eigenvalue weighted by Crippen LogP contribution is 2.21. The van der Waals surface area contributed by atoms with Crippen LogP contribution in [0.25, 0.3) is 0 Å². The van der Waals surface area contributed by atoms with Gasteiger partial charge in [0.05, 0.1) is 6.10 Å². The molecule has 3 nitrogen and oxygen atoms in total. The molecular weight excluding hydrogens is 214 g/mol. The first-order valence-corrected chi connectivity index (χ1v) is 5.46. The SMILES string of the molecule is Nc1ccc(C(O)Cc2cccc(O)c2)cc1. The molecule has 0 fully saturated rings. The molecule has 0 aliphatic carbocycles. The van der Waals surface area contributed by atoms with Crippen LogP contribution in [-0.2, 0) is 6.42 Å². The van der Waals surface area contributed by atoms with E-state index >= 15 is 0 Å². The van der Waals surface area contributed by atoms with Crippen LogP contribution in [0.2, 0.25) is 0 Å². The molecule has 0 spiro atoms. The van der Waals surface area contributed by atoms with E-state index in [0.29, 0.717) is 12.1 Å². The summed E-state index contributed by atoms with van der Waals surface area (Å²) in [5.41, 5.74) is 7.98. The van der Waals surface area contributed by atoms with Gasteiger partial charge in [-0.15, -0.1) is 0 Å². The number of phenolic OH excluding ortho intramolecular Hbond substituents is 1. The van der Waals surface area contributed by atoms with Gasteiger partial charge in [-0.25, -0.2) is 0 Å². The molecule has 3 heteroatoms. The van der Waals surface area contributed by atoms with E-state index in [-0.39, 0.29) is 5.75 Å². The van der Waals surface area contributed by atoms with Crippen LogP contribution in [0.1, 0.15) is 17.2 Å². The first-order chi connectivity index (χ1) is 8.15. The summed E-state index contributed by atoms with van der Waals surface area (Å²) in [6.07, 6.45) is -0.115. The van der Waals surface area contributed by atoms with Gasteiger partial charge < -0.3 is 15.9 Å². The Balaban J connectivity index is 2.11. The second-order valence-electron chi connectivity index (χ2n) is 4.06. The average molecular weight is 229 g/mol. The van der Waals surface area contributed by atoms with E-state index in [4.69, 9.17) is 5.73 Å². The quantitative estimate of drug-likeness (QED) is 0.707. The van der Waals surface area contributed by atoms with Crippen molar-refractivity contribution in [1.29, 1.82) is 0 Å². The molecule has 0 radical (unpaired) electrons. The lowest BCUT2D eigenvalue weighted by Crippen LogP contribution is -2.01. The lowest BCUT2D eigenvalue weighted by molar-refractivity contribution is 0.178. The second-order valence-corrected chi connectivity index (χ2v) is 4.06. The molecule has 0 saturated heterocycles. The van der Waals surface area contributed by atoms with E-state index in [1.165, 1.54) is 0 Å². The van der Waals surface area contributed by atoms with Crippen molar-refractivity contribution in [3.8, 4) is 5.75 Å². The largest absolute Gasteiger partial charge is 0.508 e. The van der Waals surface area contributed by atoms with E-state index in [1.807, 2.05) is 18.2 Å². The molecule has 2 aromatic rings. The second kappa shape index (κ2) is 4.89. The van der Waals surface area contributed by atoms with Gasteiger partial charge in [0.25, 0.3) is 0 Å². The molecule has 0 aliphatic heterocycles. The zero-order valence-electron chi connectivity index (χ0n) is 9.38. The predicted octanol–water partition coefficient (Wildman–Crippen LogP) is 2.25. The first-order valence-electron chi connectivity index (χ1n) is 5.46. The first kappa shape index (κ1) is 11.5. The summed E-state index contributed by atoms with van der Waals surface area (Å²) < 4.78 is 0. The molecule has 0 saturated carbocycles. The number of nitrogens with two attached hydrogens (primary N) is 1. The lowest BCUT2D eigenvalue weighted by Gasteiger charge is -2.11. The fourth-order valence-electron chi connectivity index (χ4n) is 1.74. The van der Waals surface area contributed by atoms with E-state index in [0.717, 1.165) is 11.1 Å². The Morgan fingerprint density at radius 3 is 2.41 bits per heavy atom. The lowest BCUT2D eigenvalue weighted by atomic mass is 10.0. The maximum atomic E-state index is 10.0. The Kier molecular flexibility index (Phi) is 3.30. The number of aliphatic hydroxyl groups is 1. The van der Waals surface area contributed by atoms with E-state index in [9.17, 15) is 10.2 Å². The molecule has 2 rings (SSSR count). The number of aromatic hydroxyl groups is 1. The highest BCUT2D eigenvalue weighted by atomic mass is 16.3. The number of benzene rings is 2. The highest BCUT2D eigenvalue weighted by molar-refractivity contribution is 5.40. The van der Waals surface area contributed by atoms with Gasteiger partial charge in [-0.1, -0.05) is 24.3 Å². The standard InChI is InChI=1S/C14H15NO2/c15-12-6-4-11(5-7-12)14(17)9-10-2-1-3-13(16)8-10/h1-8,14,16-17H,9,15H2. The van der Waals surface area contributed by atoms with Crippen molar-refractivity contribution in [1.82, 2.24) is 0 Å². The van der Waals surface area contributed by atoms with Gasteiger partial charge in [0.2, 0.25) is 0 Å². The zero-order valence-corrected chi connectivity index (χ0v) is 9.38. The number of phenols is 1. The molecule has 2 aromatic carbocycles. The van der Waals surface area contributed by atoms with Gasteiger partial charge in [0, 0.05) is 12.1 Å². The maximum Gasteiger partial charge on any atom is 0.115 e. The van der Waals surface area contributed by atoms with Crippen LogP contribution in [0.15, 0.2) is 48.5 Å². The Labute approximate surface area is 100 Å². The zero-order chi connectivity index (χ0) is 12.3. The summed E-state index contributed by atoms with van der Waals surface area (Å²) in [5, 5.41) is 19.4. The molecule has 1 unspecified atom stereocenters. The van der Waals surface area contributed by atoms with Crippen molar-refractivity contribution in [2.45, 2.75) is 12.5 Å². The van der Waals surface area contributed by atoms with Crippen molar-refractivity contribution >= 4 is 5.69 Å². The topological polar surface area (TPSA) is 66.5 Å². The summed E-state index contributed by atoms with van der Waals surface area (Å²) in [5.74, 6) is 0.215. The van der Waals surface area contributed by atoms with E-state index in [1.54, 1.807) is 30.3 Å². The van der Waals surface area contributed by atoms with Crippen molar-refractivity contribution in [2.75, 3.05) is 5.73 Å². The van der Waals surface area contributed by atoms with Crippen molar-refractivity contribution in [3.05, 3.63) is 59.7 Å². The molecule has 17 heavy (non-hydrogen) atoms. The van der Waals surface area contributed by atoms with Crippen LogP contribution in [-0.4, -0.2) is 10.2 Å². The van der Waals surface area contributed by atoms with Crippen LogP contribution >= 0.6 is 0 Å². The summed E-state index contributed by atoms with van der Waals surface area (Å²) >= 11 is 0. The van der Waals surface area contributed by atoms with Gasteiger partial charge in [-0.2, -0.15) is 0 Å². The van der Waals surface area contributed by atoms with Gasteiger partial charge >= 0.3 is 0 Å². The third kappa shape index (κ3) is 2.98. The van der Waals surface area contributed by atoms with Crippen LogP contribution < -0.4 is 5.73 Å². The molecule has 0 bridgehead atoms. The van der Waals surface area contributed by atoms with Crippen molar-refractivity contribution in [2.24, 2.45) is 0 Å². The third-order valence-corrected chi connectivity index (χ3v) is 2.66. The predicted molar refractivity (Wildman–Crippen MR) is 67.6 cm³/mol. The van der Waals surface area contributed by atoms with Crippen molar-refractivity contribution < 1.29 is 10.2 Å². The number of rotatable bonds is 3. The smallest absolute Gasteiger partial charge is 0.115 e. The minimum atomic E-state index is -0.586. The maximum absolute atomic E-state index is 10.0.